The van der Waals surface area contributed by atoms with Crippen LogP contribution in [-0.4, -0.2) is 22.0 Å². The largest absolute Gasteiger partial charge is 0.388 e. The third-order valence-electron chi connectivity index (χ3n) is 2.58. The molecule has 0 saturated carbocycles. The van der Waals surface area contributed by atoms with Crippen LogP contribution in [0.1, 0.15) is 11.3 Å². The minimum absolute atomic E-state index is 0.189. The normalized spacial score (nSPS) is 10.2. The highest BCUT2D eigenvalue weighted by Gasteiger charge is 2.12. The summed E-state index contributed by atoms with van der Waals surface area (Å²) in [5.74, 6) is 0.318. The first-order chi connectivity index (χ1) is 9.08. The zero-order valence-electron chi connectivity index (χ0n) is 10.4. The number of nitrogens with zero attached hydrogens (tertiary/aromatic N) is 3. The summed E-state index contributed by atoms with van der Waals surface area (Å²) in [6, 6.07) is 6.40. The Bertz CT molecular complexity index is 603. The Morgan fingerprint density at radius 1 is 1.37 bits per heavy atom. The van der Waals surface area contributed by atoms with Crippen LogP contribution in [-0.2, 0) is 6.54 Å². The van der Waals surface area contributed by atoms with Gasteiger partial charge in [-0.05, 0) is 17.7 Å². The van der Waals surface area contributed by atoms with Gasteiger partial charge in [-0.1, -0.05) is 24.4 Å². The number of anilines is 1. The standard InChI is InChI=1S/C13H13FN4S/c1-18(8-9-3-2-4-10(14)7-9)13-11(12(15)19)16-5-6-17-13/h2-7H,8H2,1H3,(H2,15,19). The minimum Gasteiger partial charge on any atom is -0.388 e. The first-order valence-electron chi connectivity index (χ1n) is 5.64. The van der Waals surface area contributed by atoms with Crippen molar-refractivity contribution in [1.82, 2.24) is 9.97 Å². The summed E-state index contributed by atoms with van der Waals surface area (Å²) in [4.78, 5) is 10.4. The Kier molecular flexibility index (Phi) is 4.01. The van der Waals surface area contributed by atoms with Gasteiger partial charge in [0, 0.05) is 26.0 Å². The molecule has 1 aromatic carbocycles. The average molecular weight is 276 g/mol. The molecule has 0 amide bonds. The third kappa shape index (κ3) is 3.23. The molecular weight excluding hydrogens is 263 g/mol. The second-order valence-electron chi connectivity index (χ2n) is 4.08. The SMILES string of the molecule is CN(Cc1cccc(F)c1)c1nccnc1C(N)=S. The van der Waals surface area contributed by atoms with E-state index < -0.39 is 0 Å². The smallest absolute Gasteiger partial charge is 0.157 e. The van der Waals surface area contributed by atoms with Crippen LogP contribution >= 0.6 is 12.2 Å². The van der Waals surface area contributed by atoms with Gasteiger partial charge in [0.1, 0.15) is 16.5 Å². The van der Waals surface area contributed by atoms with E-state index in [1.54, 1.807) is 12.3 Å². The number of hydrogen-bond donors (Lipinski definition) is 1. The lowest BCUT2D eigenvalue weighted by atomic mass is 10.2. The molecule has 2 aromatic rings. The zero-order valence-corrected chi connectivity index (χ0v) is 11.2. The second kappa shape index (κ2) is 5.71. The zero-order chi connectivity index (χ0) is 13.8. The van der Waals surface area contributed by atoms with Gasteiger partial charge in [0.05, 0.1) is 0 Å². The highest BCUT2D eigenvalue weighted by molar-refractivity contribution is 7.80. The Morgan fingerprint density at radius 2 is 2.11 bits per heavy atom. The molecule has 0 saturated heterocycles. The average Bonchev–Trinajstić information content (AvgIpc) is 2.38. The van der Waals surface area contributed by atoms with Crippen molar-refractivity contribution in [2.75, 3.05) is 11.9 Å². The number of halogens is 1. The molecule has 6 heteroatoms. The van der Waals surface area contributed by atoms with Crippen LogP contribution < -0.4 is 10.6 Å². The summed E-state index contributed by atoms with van der Waals surface area (Å²) in [7, 11) is 1.83. The predicted octanol–water partition coefficient (Wildman–Crippen LogP) is 1.89. The summed E-state index contributed by atoms with van der Waals surface area (Å²) < 4.78 is 13.1. The van der Waals surface area contributed by atoms with E-state index in [0.29, 0.717) is 18.1 Å². The number of hydrogen-bond acceptors (Lipinski definition) is 4. The summed E-state index contributed by atoms with van der Waals surface area (Å²) in [6.45, 7) is 0.492. The van der Waals surface area contributed by atoms with Crippen molar-refractivity contribution >= 4 is 23.0 Å². The number of benzene rings is 1. The fraction of sp³-hybridized carbons (Fsp3) is 0.154. The summed E-state index contributed by atoms with van der Waals surface area (Å²) in [6.07, 6.45) is 3.10. The molecule has 0 aliphatic heterocycles. The van der Waals surface area contributed by atoms with Crippen LogP contribution in [0.5, 0.6) is 0 Å². The van der Waals surface area contributed by atoms with Crippen LogP contribution in [0.2, 0.25) is 0 Å². The van der Waals surface area contributed by atoms with E-state index in [4.69, 9.17) is 18.0 Å². The molecule has 0 bridgehead atoms. The Morgan fingerprint density at radius 3 is 2.79 bits per heavy atom. The first-order valence-corrected chi connectivity index (χ1v) is 6.05. The fourth-order valence-corrected chi connectivity index (χ4v) is 1.91. The topological polar surface area (TPSA) is 55.0 Å². The number of thiocarbonyl (C=S) groups is 1. The van der Waals surface area contributed by atoms with Gasteiger partial charge in [-0.3, -0.25) is 0 Å². The molecule has 0 unspecified atom stereocenters. The van der Waals surface area contributed by atoms with Gasteiger partial charge in [-0.2, -0.15) is 0 Å². The monoisotopic (exact) mass is 276 g/mol. The van der Waals surface area contributed by atoms with Gasteiger partial charge in [0.2, 0.25) is 0 Å². The first kappa shape index (κ1) is 13.4. The van der Waals surface area contributed by atoms with Gasteiger partial charge in [-0.25, -0.2) is 14.4 Å². The van der Waals surface area contributed by atoms with Crippen LogP contribution in [0.4, 0.5) is 10.2 Å². The number of aromatic nitrogens is 2. The number of rotatable bonds is 4. The quantitative estimate of drug-likeness (QED) is 0.864. The molecule has 4 nitrogen and oxygen atoms in total. The molecule has 2 N–H and O–H groups in total. The van der Waals surface area contributed by atoms with Crippen molar-refractivity contribution in [3.05, 3.63) is 53.7 Å². The molecule has 2 rings (SSSR count). The second-order valence-corrected chi connectivity index (χ2v) is 4.52. The lowest BCUT2D eigenvalue weighted by Gasteiger charge is -2.20. The Labute approximate surface area is 116 Å². The molecule has 98 valence electrons. The molecule has 0 fully saturated rings. The van der Waals surface area contributed by atoms with E-state index in [1.165, 1.54) is 18.3 Å². The maximum absolute atomic E-state index is 13.1. The molecule has 1 heterocycles. The Balaban J connectivity index is 2.25. The van der Waals surface area contributed by atoms with Crippen molar-refractivity contribution in [3.63, 3.8) is 0 Å². The van der Waals surface area contributed by atoms with Gasteiger partial charge in [0.15, 0.2) is 5.82 Å². The maximum Gasteiger partial charge on any atom is 0.157 e. The molecule has 0 spiro atoms. The van der Waals surface area contributed by atoms with Crippen molar-refractivity contribution < 1.29 is 4.39 Å². The van der Waals surface area contributed by atoms with Gasteiger partial charge >= 0.3 is 0 Å². The van der Waals surface area contributed by atoms with Crippen molar-refractivity contribution in [2.24, 2.45) is 5.73 Å². The predicted molar refractivity (Wildman–Crippen MR) is 76.4 cm³/mol. The summed E-state index contributed by atoms with van der Waals surface area (Å²) in [5.41, 5.74) is 6.92. The van der Waals surface area contributed by atoms with E-state index in [2.05, 4.69) is 9.97 Å². The summed E-state index contributed by atoms with van der Waals surface area (Å²) >= 11 is 4.94. The molecular formula is C13H13FN4S. The van der Waals surface area contributed by atoms with Crippen molar-refractivity contribution in [2.45, 2.75) is 6.54 Å². The van der Waals surface area contributed by atoms with E-state index in [9.17, 15) is 4.39 Å². The van der Waals surface area contributed by atoms with Gasteiger partial charge in [-0.15, -0.1) is 0 Å². The van der Waals surface area contributed by atoms with Gasteiger partial charge < -0.3 is 10.6 Å². The van der Waals surface area contributed by atoms with Crippen LogP contribution in [0.3, 0.4) is 0 Å². The summed E-state index contributed by atoms with van der Waals surface area (Å²) in [5, 5.41) is 0. The number of nitrogens with two attached hydrogens (primary N) is 1. The maximum atomic E-state index is 13.1. The minimum atomic E-state index is -0.264. The van der Waals surface area contributed by atoms with E-state index in [1.807, 2.05) is 18.0 Å². The molecule has 0 radical (unpaired) electrons. The van der Waals surface area contributed by atoms with Crippen LogP contribution in [0.25, 0.3) is 0 Å². The van der Waals surface area contributed by atoms with Crippen molar-refractivity contribution in [3.8, 4) is 0 Å². The van der Waals surface area contributed by atoms with Gasteiger partial charge in [0.25, 0.3) is 0 Å². The van der Waals surface area contributed by atoms with Crippen LogP contribution in [0, 0.1) is 5.82 Å². The highest BCUT2D eigenvalue weighted by atomic mass is 32.1. The Hall–Kier alpha value is -2.08. The third-order valence-corrected chi connectivity index (χ3v) is 2.78. The highest BCUT2D eigenvalue weighted by Crippen LogP contribution is 2.16. The molecule has 0 aliphatic carbocycles. The fourth-order valence-electron chi connectivity index (χ4n) is 1.77. The van der Waals surface area contributed by atoms with Crippen LogP contribution in [0.15, 0.2) is 36.7 Å². The van der Waals surface area contributed by atoms with E-state index >= 15 is 0 Å². The van der Waals surface area contributed by atoms with Crippen molar-refractivity contribution in [1.29, 1.82) is 0 Å². The van der Waals surface area contributed by atoms with E-state index in [0.717, 1.165) is 5.56 Å². The lowest BCUT2D eigenvalue weighted by molar-refractivity contribution is 0.625. The molecule has 0 aliphatic rings. The lowest BCUT2D eigenvalue weighted by Crippen LogP contribution is -2.23. The molecule has 0 atom stereocenters. The molecule has 19 heavy (non-hydrogen) atoms. The molecule has 1 aromatic heterocycles. The van der Waals surface area contributed by atoms with E-state index in [-0.39, 0.29) is 10.8 Å².